The Kier molecular flexibility index (Phi) is 4.12. The fraction of sp³-hybridized carbons (Fsp3) is 0.333. The van der Waals surface area contributed by atoms with Gasteiger partial charge in [0.15, 0.2) is 0 Å². The summed E-state index contributed by atoms with van der Waals surface area (Å²) < 4.78 is 0. The number of benzene rings is 1. The molecule has 3 N–H and O–H groups in total. The zero-order valence-electron chi connectivity index (χ0n) is 11.3. The largest absolute Gasteiger partial charge is 0.327 e. The second kappa shape index (κ2) is 5.80. The summed E-state index contributed by atoms with van der Waals surface area (Å²) in [7, 11) is 0. The van der Waals surface area contributed by atoms with E-state index in [9.17, 15) is 4.79 Å². The number of rotatable bonds is 4. The van der Waals surface area contributed by atoms with Gasteiger partial charge in [0.2, 0.25) is 5.91 Å². The third-order valence-electron chi connectivity index (χ3n) is 3.18. The van der Waals surface area contributed by atoms with Crippen LogP contribution in [0, 0.1) is 5.92 Å². The highest BCUT2D eigenvalue weighted by molar-refractivity contribution is 6.00. The van der Waals surface area contributed by atoms with Crippen LogP contribution >= 0.6 is 0 Å². The Morgan fingerprint density at radius 1 is 1.32 bits per heavy atom. The van der Waals surface area contributed by atoms with Crippen molar-refractivity contribution in [2.45, 2.75) is 26.3 Å². The molecule has 1 atom stereocenters. The maximum absolute atomic E-state index is 12.0. The monoisotopic (exact) mass is 257 g/mol. The highest BCUT2D eigenvalue weighted by Gasteiger charge is 2.14. The maximum Gasteiger partial charge on any atom is 0.226 e. The molecule has 1 unspecified atom stereocenters. The van der Waals surface area contributed by atoms with Gasteiger partial charge in [-0.25, -0.2) is 0 Å². The molecule has 1 heterocycles. The van der Waals surface area contributed by atoms with Crippen molar-refractivity contribution < 1.29 is 4.79 Å². The van der Waals surface area contributed by atoms with Crippen LogP contribution in [0.5, 0.6) is 0 Å². The fourth-order valence-electron chi connectivity index (χ4n) is 1.86. The van der Waals surface area contributed by atoms with Gasteiger partial charge in [-0.15, -0.1) is 0 Å². The van der Waals surface area contributed by atoms with E-state index in [-0.39, 0.29) is 17.9 Å². The van der Waals surface area contributed by atoms with E-state index in [1.807, 2.05) is 44.2 Å². The number of hydrogen-bond donors (Lipinski definition) is 2. The van der Waals surface area contributed by atoms with Crippen LogP contribution in [-0.2, 0) is 4.79 Å². The highest BCUT2D eigenvalue weighted by atomic mass is 16.1. The third kappa shape index (κ3) is 3.29. The predicted octanol–water partition coefficient (Wildman–Crippen LogP) is 2.55. The molecule has 1 aromatic heterocycles. The van der Waals surface area contributed by atoms with Gasteiger partial charge in [-0.2, -0.15) is 0 Å². The number of nitrogens with zero attached hydrogens (tertiary/aromatic N) is 1. The van der Waals surface area contributed by atoms with Crippen molar-refractivity contribution in [1.82, 2.24) is 4.98 Å². The van der Waals surface area contributed by atoms with Gasteiger partial charge in [0, 0.05) is 24.0 Å². The van der Waals surface area contributed by atoms with Gasteiger partial charge in [-0.05, 0) is 18.1 Å². The first-order chi connectivity index (χ1) is 9.08. The summed E-state index contributed by atoms with van der Waals surface area (Å²) in [4.78, 5) is 16.3. The van der Waals surface area contributed by atoms with Gasteiger partial charge < -0.3 is 11.1 Å². The molecule has 0 aliphatic rings. The van der Waals surface area contributed by atoms with Crippen LogP contribution in [0.3, 0.4) is 0 Å². The van der Waals surface area contributed by atoms with Gasteiger partial charge in [-0.3, -0.25) is 9.78 Å². The minimum Gasteiger partial charge on any atom is -0.327 e. The molecule has 4 heteroatoms. The van der Waals surface area contributed by atoms with Crippen molar-refractivity contribution in [3.05, 3.63) is 36.5 Å². The standard InChI is InChI=1S/C15H19N3O/c1-10(2)12(16)9-14(19)18-13-7-3-5-11-6-4-8-17-15(11)13/h3-8,10,12H,9,16H2,1-2H3,(H,18,19). The molecule has 2 rings (SSSR count). The Hall–Kier alpha value is -1.94. The third-order valence-corrected chi connectivity index (χ3v) is 3.18. The highest BCUT2D eigenvalue weighted by Crippen LogP contribution is 2.20. The van der Waals surface area contributed by atoms with E-state index in [0.29, 0.717) is 6.42 Å². The van der Waals surface area contributed by atoms with E-state index >= 15 is 0 Å². The van der Waals surface area contributed by atoms with Crippen LogP contribution in [0.15, 0.2) is 36.5 Å². The van der Waals surface area contributed by atoms with Crippen LogP contribution in [0.25, 0.3) is 10.9 Å². The summed E-state index contributed by atoms with van der Waals surface area (Å²) in [5, 5.41) is 3.90. The van der Waals surface area contributed by atoms with Crippen LogP contribution in [0.4, 0.5) is 5.69 Å². The summed E-state index contributed by atoms with van der Waals surface area (Å²) in [6.45, 7) is 4.02. The molecule has 0 aliphatic heterocycles. The van der Waals surface area contributed by atoms with E-state index in [2.05, 4.69) is 10.3 Å². The fourth-order valence-corrected chi connectivity index (χ4v) is 1.86. The van der Waals surface area contributed by atoms with Gasteiger partial charge >= 0.3 is 0 Å². The quantitative estimate of drug-likeness (QED) is 0.884. The zero-order valence-corrected chi connectivity index (χ0v) is 11.3. The minimum atomic E-state index is -0.122. The number of hydrogen-bond acceptors (Lipinski definition) is 3. The molecular weight excluding hydrogens is 238 g/mol. The molecule has 0 aliphatic carbocycles. The molecule has 100 valence electrons. The van der Waals surface area contributed by atoms with Crippen LogP contribution < -0.4 is 11.1 Å². The van der Waals surface area contributed by atoms with Gasteiger partial charge in [0.05, 0.1) is 11.2 Å². The van der Waals surface area contributed by atoms with E-state index in [4.69, 9.17) is 5.73 Å². The first-order valence-electron chi connectivity index (χ1n) is 6.47. The summed E-state index contributed by atoms with van der Waals surface area (Å²) in [6, 6.07) is 9.46. The van der Waals surface area contributed by atoms with Crippen molar-refractivity contribution in [2.24, 2.45) is 11.7 Å². The lowest BCUT2D eigenvalue weighted by atomic mass is 10.0. The van der Waals surface area contributed by atoms with Crippen molar-refractivity contribution >= 4 is 22.5 Å². The Bertz CT molecular complexity index is 575. The lowest BCUT2D eigenvalue weighted by molar-refractivity contribution is -0.116. The van der Waals surface area contributed by atoms with E-state index in [1.165, 1.54) is 0 Å². The first-order valence-corrected chi connectivity index (χ1v) is 6.47. The lowest BCUT2D eigenvalue weighted by Crippen LogP contribution is -2.31. The van der Waals surface area contributed by atoms with Gasteiger partial charge in [-0.1, -0.05) is 32.0 Å². The normalized spacial score (nSPS) is 12.6. The second-order valence-electron chi connectivity index (χ2n) is 5.04. The second-order valence-corrected chi connectivity index (χ2v) is 5.04. The molecular formula is C15H19N3O. The molecule has 0 bridgehead atoms. The van der Waals surface area contributed by atoms with Crippen molar-refractivity contribution in [3.8, 4) is 0 Å². The van der Waals surface area contributed by atoms with Gasteiger partial charge in [0.25, 0.3) is 0 Å². The SMILES string of the molecule is CC(C)C(N)CC(=O)Nc1cccc2cccnc12. The first kappa shape index (κ1) is 13.5. The molecule has 0 fully saturated rings. The van der Waals surface area contributed by atoms with Crippen molar-refractivity contribution in [2.75, 3.05) is 5.32 Å². The summed E-state index contributed by atoms with van der Waals surface area (Å²) >= 11 is 0. The number of para-hydroxylation sites is 1. The van der Waals surface area contributed by atoms with Crippen LogP contribution in [0.2, 0.25) is 0 Å². The topological polar surface area (TPSA) is 68.0 Å². The Morgan fingerprint density at radius 3 is 2.79 bits per heavy atom. The van der Waals surface area contributed by atoms with Crippen LogP contribution in [-0.4, -0.2) is 16.9 Å². The summed E-state index contributed by atoms with van der Waals surface area (Å²) in [5.41, 5.74) is 7.44. The number of nitrogens with two attached hydrogens (primary N) is 1. The molecule has 1 amide bonds. The predicted molar refractivity (Wildman–Crippen MR) is 77.8 cm³/mol. The number of carbonyl (C=O) groups excluding carboxylic acids is 1. The Morgan fingerprint density at radius 2 is 2.05 bits per heavy atom. The van der Waals surface area contributed by atoms with E-state index < -0.39 is 0 Å². The average Bonchev–Trinajstić information content (AvgIpc) is 2.39. The smallest absolute Gasteiger partial charge is 0.226 e. The van der Waals surface area contributed by atoms with Crippen LogP contribution in [0.1, 0.15) is 20.3 Å². The molecule has 1 aromatic carbocycles. The minimum absolute atomic E-state index is 0.0700. The molecule has 4 nitrogen and oxygen atoms in total. The summed E-state index contributed by atoms with van der Waals surface area (Å²) in [6.07, 6.45) is 2.04. The maximum atomic E-state index is 12.0. The molecule has 2 aromatic rings. The van der Waals surface area contributed by atoms with E-state index in [0.717, 1.165) is 16.6 Å². The average molecular weight is 257 g/mol. The number of nitrogens with one attached hydrogen (secondary N) is 1. The number of carbonyl (C=O) groups is 1. The molecule has 0 saturated carbocycles. The number of pyridine rings is 1. The Balaban J connectivity index is 2.15. The number of amides is 1. The molecule has 19 heavy (non-hydrogen) atoms. The molecule has 0 spiro atoms. The summed E-state index contributed by atoms with van der Waals surface area (Å²) in [5.74, 6) is 0.218. The zero-order chi connectivity index (χ0) is 13.8. The Labute approximate surface area is 113 Å². The van der Waals surface area contributed by atoms with Crippen molar-refractivity contribution in [1.29, 1.82) is 0 Å². The van der Waals surface area contributed by atoms with Gasteiger partial charge in [0.1, 0.15) is 0 Å². The molecule has 0 saturated heterocycles. The molecule has 0 radical (unpaired) electrons. The number of aromatic nitrogens is 1. The van der Waals surface area contributed by atoms with E-state index in [1.54, 1.807) is 6.20 Å². The number of fused-ring (bicyclic) bond motifs is 1. The van der Waals surface area contributed by atoms with Crippen molar-refractivity contribution in [3.63, 3.8) is 0 Å². The lowest BCUT2D eigenvalue weighted by Gasteiger charge is -2.15. The number of anilines is 1.